The van der Waals surface area contributed by atoms with Gasteiger partial charge in [-0.05, 0) is 19.1 Å². The molecule has 0 radical (unpaired) electrons. The highest BCUT2D eigenvalue weighted by molar-refractivity contribution is 6.02. The highest BCUT2D eigenvalue weighted by Crippen LogP contribution is 2.27. The number of nitrogens with zero attached hydrogens (tertiary/aromatic N) is 5. The van der Waals surface area contributed by atoms with Crippen LogP contribution in [0.5, 0.6) is 6.01 Å². The molecule has 0 bridgehead atoms. The number of nitrogens with one attached hydrogen (secondary N) is 1. The van der Waals surface area contributed by atoms with Crippen LogP contribution < -0.4 is 10.1 Å². The lowest BCUT2D eigenvalue weighted by atomic mass is 10.1. The van der Waals surface area contributed by atoms with Crippen LogP contribution in [0.4, 0.5) is 0 Å². The van der Waals surface area contributed by atoms with Crippen molar-refractivity contribution in [2.24, 2.45) is 4.99 Å². The first-order valence-electron chi connectivity index (χ1n) is 8.21. The van der Waals surface area contributed by atoms with Crippen molar-refractivity contribution in [3.05, 3.63) is 47.7 Å². The van der Waals surface area contributed by atoms with Crippen molar-refractivity contribution in [1.82, 2.24) is 25.2 Å². The second kappa shape index (κ2) is 7.73. The van der Waals surface area contributed by atoms with E-state index in [-0.39, 0.29) is 5.91 Å². The van der Waals surface area contributed by atoms with Gasteiger partial charge in [0.05, 0.1) is 36.3 Å². The van der Waals surface area contributed by atoms with Crippen LogP contribution in [-0.4, -0.2) is 52.7 Å². The molecular formula is C18H20N6O2. The van der Waals surface area contributed by atoms with Crippen molar-refractivity contribution in [1.29, 1.82) is 0 Å². The molecule has 0 fully saturated rings. The first-order valence-corrected chi connectivity index (χ1v) is 8.21. The van der Waals surface area contributed by atoms with Crippen molar-refractivity contribution < 1.29 is 9.53 Å². The van der Waals surface area contributed by atoms with Crippen LogP contribution in [0.2, 0.25) is 0 Å². The number of carbonyl (C=O) groups is 1. The smallest absolute Gasteiger partial charge is 0.316 e. The van der Waals surface area contributed by atoms with Crippen molar-refractivity contribution in [2.45, 2.75) is 13.5 Å². The molecule has 0 atom stereocenters. The third-order valence-corrected chi connectivity index (χ3v) is 3.89. The van der Waals surface area contributed by atoms with E-state index in [4.69, 9.17) is 4.74 Å². The highest BCUT2D eigenvalue weighted by Gasteiger charge is 2.30. The molecule has 1 aliphatic rings. The fraction of sp³-hybridized carbons (Fsp3) is 0.278. The number of rotatable bonds is 6. The molecule has 1 N–H and O–H groups in total. The maximum atomic E-state index is 12.7. The average molecular weight is 352 g/mol. The summed E-state index contributed by atoms with van der Waals surface area (Å²) in [7, 11) is 3.19. The molecule has 1 amide bonds. The number of ether oxygens (including phenoxy) is 1. The average Bonchev–Trinajstić information content (AvgIpc) is 3.01. The predicted octanol–water partition coefficient (Wildman–Crippen LogP) is 1.65. The molecule has 2 aromatic heterocycles. The van der Waals surface area contributed by atoms with E-state index >= 15 is 0 Å². The van der Waals surface area contributed by atoms with Gasteiger partial charge in [0, 0.05) is 44.0 Å². The molecule has 0 saturated carbocycles. The van der Waals surface area contributed by atoms with Gasteiger partial charge in [0.15, 0.2) is 0 Å². The van der Waals surface area contributed by atoms with Crippen LogP contribution in [0, 0.1) is 0 Å². The largest absolute Gasteiger partial charge is 0.467 e. The molecule has 1 aliphatic heterocycles. The standard InChI is InChI=1S/C18H20N6O2/c1-4-20-10-13(9-19-2)24-11-16-14(17(24)25)5-6-15(23-16)12-7-21-18(26-3)22-8-12/h5-10,20H,4,11H2,1-3H3/b13-10+,19-9-. The van der Waals surface area contributed by atoms with Gasteiger partial charge in [-0.1, -0.05) is 0 Å². The lowest BCUT2D eigenvalue weighted by Gasteiger charge is -2.16. The summed E-state index contributed by atoms with van der Waals surface area (Å²) in [6, 6.07) is 3.89. The maximum Gasteiger partial charge on any atom is 0.316 e. The van der Waals surface area contributed by atoms with Crippen LogP contribution >= 0.6 is 0 Å². The van der Waals surface area contributed by atoms with Gasteiger partial charge in [-0.15, -0.1) is 0 Å². The Balaban J connectivity index is 1.90. The Hall–Kier alpha value is -3.29. The topological polar surface area (TPSA) is 92.6 Å². The number of hydrogen-bond donors (Lipinski definition) is 1. The zero-order valence-electron chi connectivity index (χ0n) is 14.9. The molecule has 0 saturated heterocycles. The van der Waals surface area contributed by atoms with Crippen LogP contribution in [0.25, 0.3) is 11.3 Å². The quantitative estimate of drug-likeness (QED) is 0.795. The molecule has 3 heterocycles. The third-order valence-electron chi connectivity index (χ3n) is 3.89. The summed E-state index contributed by atoms with van der Waals surface area (Å²) in [5.41, 5.74) is 3.48. The number of carbonyl (C=O) groups excluding carboxylic acids is 1. The molecule has 0 spiro atoms. The summed E-state index contributed by atoms with van der Waals surface area (Å²) < 4.78 is 4.97. The minimum Gasteiger partial charge on any atom is -0.467 e. The van der Waals surface area contributed by atoms with Crippen molar-refractivity contribution in [3.63, 3.8) is 0 Å². The molecular weight excluding hydrogens is 332 g/mol. The number of aromatic nitrogens is 3. The number of amides is 1. The van der Waals surface area contributed by atoms with Crippen molar-refractivity contribution in [2.75, 3.05) is 20.7 Å². The number of pyridine rings is 1. The van der Waals surface area contributed by atoms with Gasteiger partial charge in [0.2, 0.25) is 0 Å². The summed E-state index contributed by atoms with van der Waals surface area (Å²) in [4.78, 5) is 31.2. The summed E-state index contributed by atoms with van der Waals surface area (Å²) in [6.07, 6.45) is 6.74. The summed E-state index contributed by atoms with van der Waals surface area (Å²) in [5, 5.41) is 3.11. The Morgan fingerprint density at radius 2 is 2.15 bits per heavy atom. The van der Waals surface area contributed by atoms with Gasteiger partial charge in [-0.2, -0.15) is 0 Å². The first-order chi connectivity index (χ1) is 12.7. The molecule has 0 unspecified atom stereocenters. The lowest BCUT2D eigenvalue weighted by Crippen LogP contribution is -2.25. The van der Waals surface area contributed by atoms with E-state index in [1.54, 1.807) is 48.9 Å². The van der Waals surface area contributed by atoms with Crippen LogP contribution in [-0.2, 0) is 6.54 Å². The Morgan fingerprint density at radius 1 is 1.38 bits per heavy atom. The minimum atomic E-state index is -0.0888. The van der Waals surface area contributed by atoms with E-state index in [1.807, 2.05) is 6.92 Å². The van der Waals surface area contributed by atoms with Gasteiger partial charge < -0.3 is 10.1 Å². The van der Waals surface area contributed by atoms with E-state index in [9.17, 15) is 4.79 Å². The van der Waals surface area contributed by atoms with E-state index in [1.165, 1.54) is 7.11 Å². The zero-order chi connectivity index (χ0) is 18.5. The third kappa shape index (κ3) is 3.39. The molecule has 134 valence electrons. The molecule has 26 heavy (non-hydrogen) atoms. The van der Waals surface area contributed by atoms with Gasteiger partial charge >= 0.3 is 6.01 Å². The molecule has 8 heteroatoms. The predicted molar refractivity (Wildman–Crippen MR) is 97.9 cm³/mol. The molecule has 0 aliphatic carbocycles. The van der Waals surface area contributed by atoms with E-state index in [2.05, 4.69) is 25.3 Å². The normalized spacial score (nSPS) is 14.0. The SMILES string of the molecule is CCN/C=C(\C=N/C)N1Cc2nc(-c3cnc(OC)nc3)ccc2C1=O. The van der Waals surface area contributed by atoms with Gasteiger partial charge in [-0.3, -0.25) is 14.7 Å². The van der Waals surface area contributed by atoms with Crippen molar-refractivity contribution >= 4 is 12.1 Å². The number of methoxy groups -OCH3 is 1. The number of hydrogen-bond acceptors (Lipinski definition) is 7. The molecule has 8 nitrogen and oxygen atoms in total. The molecule has 3 rings (SSSR count). The zero-order valence-corrected chi connectivity index (χ0v) is 14.9. The number of allylic oxidation sites excluding steroid dienone is 1. The fourth-order valence-corrected chi connectivity index (χ4v) is 2.63. The molecule has 2 aromatic rings. The fourth-order valence-electron chi connectivity index (χ4n) is 2.63. The summed E-state index contributed by atoms with van der Waals surface area (Å²) in [6.45, 7) is 3.14. The van der Waals surface area contributed by atoms with E-state index in [0.29, 0.717) is 29.5 Å². The highest BCUT2D eigenvalue weighted by atomic mass is 16.5. The van der Waals surface area contributed by atoms with E-state index in [0.717, 1.165) is 17.8 Å². The maximum absolute atomic E-state index is 12.7. The van der Waals surface area contributed by atoms with Gasteiger partial charge in [-0.25, -0.2) is 15.0 Å². The second-order valence-electron chi connectivity index (χ2n) is 5.55. The van der Waals surface area contributed by atoms with Crippen molar-refractivity contribution in [3.8, 4) is 17.3 Å². The minimum absolute atomic E-state index is 0.0888. The van der Waals surface area contributed by atoms with E-state index < -0.39 is 0 Å². The second-order valence-corrected chi connectivity index (χ2v) is 5.55. The summed E-state index contributed by atoms with van der Waals surface area (Å²) in [5.74, 6) is -0.0888. The number of aliphatic imine (C=N–C) groups is 1. The van der Waals surface area contributed by atoms with Crippen LogP contribution in [0.3, 0.4) is 0 Å². The summed E-state index contributed by atoms with van der Waals surface area (Å²) >= 11 is 0. The Morgan fingerprint density at radius 3 is 2.81 bits per heavy atom. The van der Waals surface area contributed by atoms with Crippen LogP contribution in [0.15, 0.2) is 41.4 Å². The van der Waals surface area contributed by atoms with Crippen LogP contribution in [0.1, 0.15) is 23.0 Å². The first kappa shape index (κ1) is 17.5. The lowest BCUT2D eigenvalue weighted by molar-refractivity contribution is 0.0834. The number of fused-ring (bicyclic) bond motifs is 1. The Kier molecular flexibility index (Phi) is 5.21. The Labute approximate surface area is 151 Å². The Bertz CT molecular complexity index is 860. The monoisotopic (exact) mass is 352 g/mol. The van der Waals surface area contributed by atoms with Gasteiger partial charge in [0.25, 0.3) is 5.91 Å². The molecule has 0 aromatic carbocycles. The van der Waals surface area contributed by atoms with Gasteiger partial charge in [0.1, 0.15) is 0 Å².